The number of amides is 1. The second kappa shape index (κ2) is 6.57. The van der Waals surface area contributed by atoms with Crippen molar-refractivity contribution < 1.29 is 14.6 Å². The van der Waals surface area contributed by atoms with Crippen molar-refractivity contribution in [1.82, 2.24) is 5.32 Å². The maximum Gasteiger partial charge on any atom is 0.255 e. The molecular formula is C15H21NO3. The van der Waals surface area contributed by atoms with Crippen LogP contribution in [0.25, 0.3) is 0 Å². The first-order valence-corrected chi connectivity index (χ1v) is 6.93. The number of carbonyl (C=O) groups excluding carboxylic acids is 1. The SMILES string of the molecule is CCOc1ccccc1C(=O)N[C@@H]1CCCC[C@H]1O. The molecule has 1 aliphatic carbocycles. The van der Waals surface area contributed by atoms with Gasteiger partial charge in [-0.25, -0.2) is 0 Å². The van der Waals surface area contributed by atoms with Crippen LogP contribution >= 0.6 is 0 Å². The van der Waals surface area contributed by atoms with E-state index in [2.05, 4.69) is 5.32 Å². The molecule has 0 unspecified atom stereocenters. The average Bonchev–Trinajstić information content (AvgIpc) is 2.42. The molecule has 4 nitrogen and oxygen atoms in total. The summed E-state index contributed by atoms with van der Waals surface area (Å²) in [4.78, 5) is 12.3. The van der Waals surface area contributed by atoms with Crippen LogP contribution < -0.4 is 10.1 Å². The number of aliphatic hydroxyl groups is 1. The molecule has 1 saturated carbocycles. The molecule has 1 amide bonds. The second-order valence-corrected chi connectivity index (χ2v) is 4.86. The summed E-state index contributed by atoms with van der Waals surface area (Å²) in [6, 6.07) is 7.05. The van der Waals surface area contributed by atoms with E-state index in [4.69, 9.17) is 4.74 Å². The number of benzene rings is 1. The number of ether oxygens (including phenoxy) is 1. The zero-order chi connectivity index (χ0) is 13.7. The molecule has 0 bridgehead atoms. The molecule has 4 heteroatoms. The smallest absolute Gasteiger partial charge is 0.255 e. The molecule has 2 rings (SSSR count). The van der Waals surface area contributed by atoms with E-state index in [9.17, 15) is 9.90 Å². The minimum Gasteiger partial charge on any atom is -0.493 e. The van der Waals surface area contributed by atoms with Gasteiger partial charge < -0.3 is 15.2 Å². The van der Waals surface area contributed by atoms with Crippen molar-refractivity contribution in [3.8, 4) is 5.75 Å². The Morgan fingerprint density at radius 2 is 2.11 bits per heavy atom. The molecular weight excluding hydrogens is 242 g/mol. The van der Waals surface area contributed by atoms with Crippen molar-refractivity contribution in [3.05, 3.63) is 29.8 Å². The van der Waals surface area contributed by atoms with E-state index in [-0.39, 0.29) is 11.9 Å². The maximum absolute atomic E-state index is 12.3. The first kappa shape index (κ1) is 13.9. The largest absolute Gasteiger partial charge is 0.493 e. The summed E-state index contributed by atoms with van der Waals surface area (Å²) < 4.78 is 5.45. The topological polar surface area (TPSA) is 58.6 Å². The number of carbonyl (C=O) groups is 1. The number of aliphatic hydroxyl groups excluding tert-OH is 1. The highest BCUT2D eigenvalue weighted by atomic mass is 16.5. The molecule has 0 spiro atoms. The van der Waals surface area contributed by atoms with E-state index in [1.54, 1.807) is 12.1 Å². The number of rotatable bonds is 4. The van der Waals surface area contributed by atoms with Crippen molar-refractivity contribution >= 4 is 5.91 Å². The zero-order valence-electron chi connectivity index (χ0n) is 11.3. The maximum atomic E-state index is 12.3. The van der Waals surface area contributed by atoms with Gasteiger partial charge in [0.25, 0.3) is 5.91 Å². The van der Waals surface area contributed by atoms with Gasteiger partial charge in [-0.15, -0.1) is 0 Å². The van der Waals surface area contributed by atoms with Crippen LogP contribution in [-0.2, 0) is 0 Å². The summed E-state index contributed by atoms with van der Waals surface area (Å²) in [5, 5.41) is 12.8. The second-order valence-electron chi connectivity index (χ2n) is 4.86. The molecule has 104 valence electrons. The van der Waals surface area contributed by atoms with Crippen LogP contribution in [0.4, 0.5) is 0 Å². The summed E-state index contributed by atoms with van der Waals surface area (Å²) >= 11 is 0. The number of nitrogens with one attached hydrogen (secondary N) is 1. The summed E-state index contributed by atoms with van der Waals surface area (Å²) in [6.45, 7) is 2.41. The van der Waals surface area contributed by atoms with Gasteiger partial charge in [0.1, 0.15) is 5.75 Å². The van der Waals surface area contributed by atoms with Crippen molar-refractivity contribution in [2.75, 3.05) is 6.61 Å². The Kier molecular flexibility index (Phi) is 4.80. The summed E-state index contributed by atoms with van der Waals surface area (Å²) in [5.74, 6) is 0.419. The molecule has 1 aromatic carbocycles. The minimum atomic E-state index is -0.433. The Bertz CT molecular complexity index is 433. The number of hydrogen-bond donors (Lipinski definition) is 2. The molecule has 1 fully saturated rings. The van der Waals surface area contributed by atoms with Crippen molar-refractivity contribution in [3.63, 3.8) is 0 Å². The van der Waals surface area contributed by atoms with Gasteiger partial charge in [-0.1, -0.05) is 25.0 Å². The van der Waals surface area contributed by atoms with E-state index in [0.717, 1.165) is 25.7 Å². The van der Waals surface area contributed by atoms with Gasteiger partial charge >= 0.3 is 0 Å². The van der Waals surface area contributed by atoms with Gasteiger partial charge in [0.05, 0.1) is 24.3 Å². The molecule has 0 aromatic heterocycles. The molecule has 0 radical (unpaired) electrons. The van der Waals surface area contributed by atoms with Gasteiger partial charge in [0.2, 0.25) is 0 Å². The van der Waals surface area contributed by atoms with Gasteiger partial charge in [0.15, 0.2) is 0 Å². The van der Waals surface area contributed by atoms with Crippen LogP contribution in [0.1, 0.15) is 43.0 Å². The molecule has 19 heavy (non-hydrogen) atoms. The first-order valence-electron chi connectivity index (χ1n) is 6.93. The lowest BCUT2D eigenvalue weighted by molar-refractivity contribution is 0.0714. The fraction of sp³-hybridized carbons (Fsp3) is 0.533. The third-order valence-corrected chi connectivity index (χ3v) is 3.48. The van der Waals surface area contributed by atoms with Crippen LogP contribution in [0, 0.1) is 0 Å². The summed E-state index contributed by atoms with van der Waals surface area (Å²) in [7, 11) is 0. The Hall–Kier alpha value is -1.55. The van der Waals surface area contributed by atoms with Gasteiger partial charge in [-0.2, -0.15) is 0 Å². The number of para-hydroxylation sites is 1. The van der Waals surface area contributed by atoms with Crippen LogP contribution in [0.3, 0.4) is 0 Å². The quantitative estimate of drug-likeness (QED) is 0.874. The third-order valence-electron chi connectivity index (χ3n) is 3.48. The highest BCUT2D eigenvalue weighted by molar-refractivity contribution is 5.97. The highest BCUT2D eigenvalue weighted by Gasteiger charge is 2.25. The van der Waals surface area contributed by atoms with Crippen LogP contribution in [0.5, 0.6) is 5.75 Å². The van der Waals surface area contributed by atoms with E-state index in [0.29, 0.717) is 17.9 Å². The molecule has 2 N–H and O–H groups in total. The molecule has 0 saturated heterocycles. The monoisotopic (exact) mass is 263 g/mol. The first-order chi connectivity index (χ1) is 9.22. The summed E-state index contributed by atoms with van der Waals surface area (Å²) in [5.41, 5.74) is 0.530. The lowest BCUT2D eigenvalue weighted by atomic mass is 9.92. The predicted octanol–water partition coefficient (Wildman–Crippen LogP) is 2.12. The van der Waals surface area contributed by atoms with E-state index >= 15 is 0 Å². The fourth-order valence-corrected chi connectivity index (χ4v) is 2.46. The standard InChI is InChI=1S/C15H21NO3/c1-2-19-14-10-6-3-7-11(14)15(18)16-12-8-4-5-9-13(12)17/h3,6-7,10,12-13,17H,2,4-5,8-9H2,1H3,(H,16,18)/t12-,13-/m1/s1. The summed E-state index contributed by atoms with van der Waals surface area (Å²) in [6.07, 6.45) is 3.25. The van der Waals surface area contributed by atoms with E-state index in [1.807, 2.05) is 19.1 Å². The fourth-order valence-electron chi connectivity index (χ4n) is 2.46. The Morgan fingerprint density at radius 3 is 2.84 bits per heavy atom. The van der Waals surface area contributed by atoms with E-state index < -0.39 is 6.10 Å². The highest BCUT2D eigenvalue weighted by Crippen LogP contribution is 2.21. The molecule has 2 atom stereocenters. The number of hydrogen-bond acceptors (Lipinski definition) is 3. The third kappa shape index (κ3) is 3.47. The van der Waals surface area contributed by atoms with E-state index in [1.165, 1.54) is 0 Å². The van der Waals surface area contributed by atoms with Crippen LogP contribution in [0.2, 0.25) is 0 Å². The lowest BCUT2D eigenvalue weighted by Gasteiger charge is -2.28. The van der Waals surface area contributed by atoms with Gasteiger partial charge in [-0.3, -0.25) is 4.79 Å². The zero-order valence-corrected chi connectivity index (χ0v) is 11.3. The molecule has 0 heterocycles. The van der Waals surface area contributed by atoms with Crippen molar-refractivity contribution in [2.45, 2.75) is 44.8 Å². The Labute approximate surface area is 113 Å². The predicted molar refractivity (Wildman–Crippen MR) is 73.3 cm³/mol. The van der Waals surface area contributed by atoms with Crippen LogP contribution in [-0.4, -0.2) is 29.8 Å². The minimum absolute atomic E-state index is 0.143. The van der Waals surface area contributed by atoms with Gasteiger partial charge in [0, 0.05) is 0 Å². The molecule has 1 aliphatic rings. The normalized spacial score (nSPS) is 22.8. The Morgan fingerprint density at radius 1 is 1.37 bits per heavy atom. The molecule has 0 aliphatic heterocycles. The van der Waals surface area contributed by atoms with Crippen LogP contribution in [0.15, 0.2) is 24.3 Å². The van der Waals surface area contributed by atoms with Crippen molar-refractivity contribution in [2.24, 2.45) is 0 Å². The lowest BCUT2D eigenvalue weighted by Crippen LogP contribution is -2.45. The Balaban J connectivity index is 2.06. The van der Waals surface area contributed by atoms with Crippen molar-refractivity contribution in [1.29, 1.82) is 0 Å². The average molecular weight is 263 g/mol. The molecule has 1 aromatic rings. The van der Waals surface area contributed by atoms with Gasteiger partial charge in [-0.05, 0) is 31.9 Å².